The first-order chi connectivity index (χ1) is 13.9. The van der Waals surface area contributed by atoms with E-state index in [0.717, 1.165) is 39.2 Å². The summed E-state index contributed by atoms with van der Waals surface area (Å²) in [5, 5.41) is 8.14. The fourth-order valence-electron chi connectivity index (χ4n) is 3.58. The van der Waals surface area contributed by atoms with Crippen molar-refractivity contribution >= 4 is 28.6 Å². The summed E-state index contributed by atoms with van der Waals surface area (Å²) in [5.41, 5.74) is 5.70. The highest BCUT2D eigenvalue weighted by Gasteiger charge is 2.25. The highest BCUT2D eigenvalue weighted by molar-refractivity contribution is 6.32. The Morgan fingerprint density at radius 3 is 2.66 bits per heavy atom. The number of ether oxygens (including phenoxy) is 1. The fraction of sp³-hybridized carbons (Fsp3) is 0.300. The number of H-pyrrole nitrogens is 1. The maximum absolute atomic E-state index is 6.62. The van der Waals surface area contributed by atoms with Gasteiger partial charge in [0.15, 0.2) is 11.5 Å². The monoisotopic (exact) mass is 412 g/mol. The van der Waals surface area contributed by atoms with Crippen molar-refractivity contribution in [3.63, 3.8) is 0 Å². The number of hydrogen-bond acceptors (Lipinski definition) is 7. The van der Waals surface area contributed by atoms with Crippen LogP contribution in [0.25, 0.3) is 22.3 Å². The molecule has 2 N–H and O–H groups in total. The Bertz CT molecular complexity index is 1180. The number of hydrogen-bond donors (Lipinski definition) is 2. The van der Waals surface area contributed by atoms with Gasteiger partial charge in [-0.25, -0.2) is 15.0 Å². The summed E-state index contributed by atoms with van der Waals surface area (Å²) in [5.74, 6) is 2.08. The van der Waals surface area contributed by atoms with Crippen LogP contribution in [0.3, 0.4) is 0 Å². The summed E-state index contributed by atoms with van der Waals surface area (Å²) in [4.78, 5) is 15.7. The normalized spacial score (nSPS) is 12.3. The van der Waals surface area contributed by atoms with Crippen molar-refractivity contribution in [2.75, 3.05) is 12.4 Å². The Morgan fingerprint density at radius 1 is 1.17 bits per heavy atom. The van der Waals surface area contributed by atoms with E-state index in [0.29, 0.717) is 22.2 Å². The van der Waals surface area contributed by atoms with Gasteiger partial charge in [0, 0.05) is 16.1 Å². The number of aromatic amines is 1. The smallest absolute Gasteiger partial charge is 0.182 e. The van der Waals surface area contributed by atoms with Gasteiger partial charge in [0.25, 0.3) is 0 Å². The highest BCUT2D eigenvalue weighted by Crippen LogP contribution is 2.44. The van der Waals surface area contributed by atoms with Crippen LogP contribution in [0.1, 0.15) is 35.5 Å². The Morgan fingerprint density at radius 2 is 1.97 bits per heavy atom. The molecule has 0 amide bonds. The van der Waals surface area contributed by atoms with Crippen molar-refractivity contribution in [1.29, 1.82) is 0 Å². The number of imidazole rings is 1. The molecule has 1 atom stereocenters. The molecule has 4 rings (SSSR count). The lowest BCUT2D eigenvalue weighted by atomic mass is 9.93. The molecule has 3 aromatic heterocycles. The topological polar surface area (TPSA) is 102 Å². The summed E-state index contributed by atoms with van der Waals surface area (Å²) in [6, 6.07) is 1.75. The number of rotatable bonds is 5. The van der Waals surface area contributed by atoms with Gasteiger partial charge >= 0.3 is 0 Å². The summed E-state index contributed by atoms with van der Waals surface area (Å²) >= 11 is 6.62. The minimum Gasteiger partial charge on any atom is -0.496 e. The zero-order valence-corrected chi connectivity index (χ0v) is 17.5. The van der Waals surface area contributed by atoms with Crippen LogP contribution in [0.15, 0.2) is 23.2 Å². The first-order valence-electron chi connectivity index (χ1n) is 9.13. The van der Waals surface area contributed by atoms with Crippen LogP contribution in [0.5, 0.6) is 5.75 Å². The maximum atomic E-state index is 6.62. The van der Waals surface area contributed by atoms with E-state index in [1.165, 1.54) is 6.33 Å². The first kappa shape index (κ1) is 19.2. The first-order valence-corrected chi connectivity index (χ1v) is 9.51. The molecule has 4 aromatic rings. The predicted molar refractivity (Wildman–Crippen MR) is 111 cm³/mol. The van der Waals surface area contributed by atoms with Gasteiger partial charge in [-0.15, -0.1) is 0 Å². The van der Waals surface area contributed by atoms with Crippen molar-refractivity contribution in [2.24, 2.45) is 0 Å². The molecule has 0 aliphatic heterocycles. The third kappa shape index (κ3) is 3.19. The van der Waals surface area contributed by atoms with Gasteiger partial charge in [-0.1, -0.05) is 16.8 Å². The highest BCUT2D eigenvalue weighted by atomic mass is 35.5. The van der Waals surface area contributed by atoms with Gasteiger partial charge < -0.3 is 19.6 Å². The number of aryl methyl sites for hydroxylation is 2. The number of methoxy groups -OCH3 is 1. The molecule has 8 nitrogen and oxygen atoms in total. The lowest BCUT2D eigenvalue weighted by molar-refractivity contribution is 0.393. The van der Waals surface area contributed by atoms with E-state index in [2.05, 4.69) is 30.4 Å². The minimum absolute atomic E-state index is 0.163. The molecular formula is C20H21ClN6O2. The summed E-state index contributed by atoms with van der Waals surface area (Å²) in [7, 11) is 1.65. The summed E-state index contributed by atoms with van der Waals surface area (Å²) in [6.45, 7) is 7.77. The molecule has 1 unspecified atom stereocenters. The molecule has 29 heavy (non-hydrogen) atoms. The van der Waals surface area contributed by atoms with Crippen LogP contribution in [0.2, 0.25) is 5.02 Å². The molecular weight excluding hydrogens is 392 g/mol. The number of nitrogens with zero attached hydrogens (tertiary/aromatic N) is 4. The van der Waals surface area contributed by atoms with Crippen LogP contribution < -0.4 is 10.1 Å². The molecule has 0 aliphatic rings. The van der Waals surface area contributed by atoms with Crippen LogP contribution in [-0.2, 0) is 0 Å². The van der Waals surface area contributed by atoms with E-state index in [4.69, 9.17) is 20.9 Å². The second-order valence-corrected chi connectivity index (χ2v) is 7.28. The second kappa shape index (κ2) is 7.36. The van der Waals surface area contributed by atoms with Crippen molar-refractivity contribution in [2.45, 2.75) is 33.7 Å². The van der Waals surface area contributed by atoms with Crippen LogP contribution in [0, 0.1) is 20.8 Å². The largest absolute Gasteiger partial charge is 0.496 e. The molecule has 0 bridgehead atoms. The minimum atomic E-state index is -0.163. The summed E-state index contributed by atoms with van der Waals surface area (Å²) in [6.07, 6.45) is 3.07. The average Bonchev–Trinajstić information content (AvgIpc) is 3.31. The molecule has 0 saturated carbocycles. The second-order valence-electron chi connectivity index (χ2n) is 6.87. The van der Waals surface area contributed by atoms with Gasteiger partial charge in [0.2, 0.25) is 0 Å². The van der Waals surface area contributed by atoms with Crippen molar-refractivity contribution in [3.05, 3.63) is 46.3 Å². The third-order valence-corrected chi connectivity index (χ3v) is 5.43. The molecule has 0 radical (unpaired) electrons. The number of halogens is 1. The molecule has 9 heteroatoms. The van der Waals surface area contributed by atoms with Crippen LogP contribution >= 0.6 is 11.6 Å². The zero-order chi connectivity index (χ0) is 20.7. The molecule has 1 aromatic carbocycles. The van der Waals surface area contributed by atoms with Crippen molar-refractivity contribution in [1.82, 2.24) is 25.1 Å². The molecule has 0 fully saturated rings. The molecule has 150 valence electrons. The molecule has 3 heterocycles. The van der Waals surface area contributed by atoms with E-state index in [1.54, 1.807) is 13.4 Å². The average molecular weight is 413 g/mol. The molecule has 0 aliphatic carbocycles. The zero-order valence-electron chi connectivity index (χ0n) is 16.8. The van der Waals surface area contributed by atoms with Crippen molar-refractivity contribution < 1.29 is 9.26 Å². The molecule has 0 spiro atoms. The number of nitrogens with one attached hydrogen (secondary N) is 2. The Kier molecular flexibility index (Phi) is 4.87. The Balaban J connectivity index is 1.84. The standard InChI is InChI=1S/C20H21ClN6O2/c1-9-14(21)6-13(18(28-5)15(9)16-11(3)27-29-12(16)4)10(2)26-20-17-19(23-7-22-17)24-8-25-20/h6-8,10H,1-5H3,(H2,22,23,24,25,26). The van der Waals surface area contributed by atoms with Crippen LogP contribution in [0.4, 0.5) is 5.82 Å². The Labute approximate surface area is 172 Å². The van der Waals surface area contributed by atoms with E-state index >= 15 is 0 Å². The number of fused-ring (bicyclic) bond motifs is 1. The lowest BCUT2D eigenvalue weighted by Crippen LogP contribution is -2.11. The van der Waals surface area contributed by atoms with Gasteiger partial charge in [0.05, 0.1) is 30.7 Å². The SMILES string of the molecule is COc1c(C(C)Nc2ncnc3nc[nH]c23)cc(Cl)c(C)c1-c1c(C)noc1C. The summed E-state index contributed by atoms with van der Waals surface area (Å²) < 4.78 is 11.2. The van der Waals surface area contributed by atoms with E-state index in [1.807, 2.05) is 33.8 Å². The van der Waals surface area contributed by atoms with Gasteiger partial charge in [-0.3, -0.25) is 0 Å². The van der Waals surface area contributed by atoms with E-state index in [-0.39, 0.29) is 6.04 Å². The fourth-order valence-corrected chi connectivity index (χ4v) is 3.80. The number of benzene rings is 1. The third-order valence-electron chi connectivity index (χ3n) is 5.03. The number of anilines is 1. The predicted octanol–water partition coefficient (Wildman–Crippen LogP) is 4.77. The van der Waals surface area contributed by atoms with Gasteiger partial charge in [-0.2, -0.15) is 0 Å². The quantitative estimate of drug-likeness (QED) is 0.486. The van der Waals surface area contributed by atoms with Crippen molar-refractivity contribution in [3.8, 4) is 16.9 Å². The molecule has 0 saturated heterocycles. The Hall–Kier alpha value is -3.13. The van der Waals surface area contributed by atoms with E-state index < -0.39 is 0 Å². The lowest BCUT2D eigenvalue weighted by Gasteiger charge is -2.22. The van der Waals surface area contributed by atoms with E-state index in [9.17, 15) is 0 Å². The van der Waals surface area contributed by atoms with Gasteiger partial charge in [-0.05, 0) is 39.3 Å². The number of aromatic nitrogens is 5. The van der Waals surface area contributed by atoms with Gasteiger partial charge in [0.1, 0.15) is 23.4 Å². The maximum Gasteiger partial charge on any atom is 0.182 e. The van der Waals surface area contributed by atoms with Crippen LogP contribution in [-0.4, -0.2) is 32.2 Å².